The van der Waals surface area contributed by atoms with E-state index in [4.69, 9.17) is 16.7 Å². The van der Waals surface area contributed by atoms with Crippen molar-refractivity contribution >= 4 is 17.6 Å². The highest BCUT2D eigenvalue weighted by Crippen LogP contribution is 2.15. The Morgan fingerprint density at radius 3 is 2.58 bits per heavy atom. The van der Waals surface area contributed by atoms with Crippen molar-refractivity contribution in [3.63, 3.8) is 0 Å². The molecule has 4 heteroatoms. The van der Waals surface area contributed by atoms with Crippen molar-refractivity contribution in [3.05, 3.63) is 34.9 Å². The maximum absolute atomic E-state index is 10.9. The Bertz CT molecular complexity index is 420. The molecule has 0 aliphatic carbocycles. The van der Waals surface area contributed by atoms with Gasteiger partial charge in [0.2, 0.25) is 0 Å². The average molecular weight is 284 g/mol. The highest BCUT2D eigenvalue weighted by atomic mass is 35.5. The summed E-state index contributed by atoms with van der Waals surface area (Å²) in [5, 5.41) is 12.9. The summed E-state index contributed by atoms with van der Waals surface area (Å²) in [6.45, 7) is 5.95. The van der Waals surface area contributed by atoms with Crippen molar-refractivity contribution in [2.75, 3.05) is 0 Å². The summed E-state index contributed by atoms with van der Waals surface area (Å²) in [5.41, 5.74) is 1.13. The van der Waals surface area contributed by atoms with Gasteiger partial charge in [0.1, 0.15) is 6.04 Å². The predicted molar refractivity (Wildman–Crippen MR) is 78.6 cm³/mol. The lowest BCUT2D eigenvalue weighted by Crippen LogP contribution is -2.43. The summed E-state index contributed by atoms with van der Waals surface area (Å²) in [6.07, 6.45) is 1.72. The van der Waals surface area contributed by atoms with E-state index in [1.165, 1.54) is 0 Å². The van der Waals surface area contributed by atoms with Gasteiger partial charge in [-0.15, -0.1) is 0 Å². The minimum Gasteiger partial charge on any atom is -0.480 e. The molecule has 1 aromatic rings. The van der Waals surface area contributed by atoms with E-state index >= 15 is 0 Å². The zero-order valence-electron chi connectivity index (χ0n) is 11.7. The number of carboxylic acids is 1. The predicted octanol–water partition coefficient (Wildman–Crippen LogP) is 3.36. The Hall–Kier alpha value is -1.06. The Kier molecular flexibility index (Phi) is 6.32. The molecule has 2 atom stereocenters. The minimum atomic E-state index is -0.820. The number of carboxylic acid groups (broad SMARTS) is 1. The van der Waals surface area contributed by atoms with Gasteiger partial charge in [-0.3, -0.25) is 4.79 Å². The molecule has 106 valence electrons. The maximum Gasteiger partial charge on any atom is 0.320 e. The number of halogens is 1. The Morgan fingerprint density at radius 2 is 2.05 bits per heavy atom. The van der Waals surface area contributed by atoms with Gasteiger partial charge in [-0.05, 0) is 43.4 Å². The van der Waals surface area contributed by atoms with Crippen LogP contribution in [0.5, 0.6) is 0 Å². The van der Waals surface area contributed by atoms with E-state index in [0.29, 0.717) is 10.9 Å². The van der Waals surface area contributed by atoms with E-state index in [1.54, 1.807) is 6.92 Å². The molecule has 0 saturated heterocycles. The maximum atomic E-state index is 10.9. The topological polar surface area (TPSA) is 49.3 Å². The van der Waals surface area contributed by atoms with Gasteiger partial charge in [-0.1, -0.05) is 37.6 Å². The summed E-state index contributed by atoms with van der Waals surface area (Å²) < 4.78 is 0. The molecule has 3 nitrogen and oxygen atoms in total. The van der Waals surface area contributed by atoms with Crippen LogP contribution in [0.25, 0.3) is 0 Å². The molecule has 0 aromatic heterocycles. The van der Waals surface area contributed by atoms with Gasteiger partial charge in [0.15, 0.2) is 0 Å². The molecule has 0 fully saturated rings. The van der Waals surface area contributed by atoms with Crippen molar-refractivity contribution < 1.29 is 9.90 Å². The third kappa shape index (κ3) is 6.08. The first-order valence-electron chi connectivity index (χ1n) is 6.61. The quantitative estimate of drug-likeness (QED) is 0.807. The number of aliphatic carboxylic acids is 1. The fourth-order valence-electron chi connectivity index (χ4n) is 2.15. The largest absolute Gasteiger partial charge is 0.480 e. The van der Waals surface area contributed by atoms with Gasteiger partial charge in [0.05, 0.1) is 0 Å². The van der Waals surface area contributed by atoms with Crippen molar-refractivity contribution in [1.29, 1.82) is 0 Å². The number of carbonyl (C=O) groups is 1. The van der Waals surface area contributed by atoms with Gasteiger partial charge in [0.25, 0.3) is 0 Å². The Labute approximate surface area is 120 Å². The summed E-state index contributed by atoms with van der Waals surface area (Å²) in [6, 6.07) is 7.32. The molecule has 1 aromatic carbocycles. The molecule has 0 aliphatic heterocycles. The first-order valence-corrected chi connectivity index (χ1v) is 6.99. The molecule has 0 spiro atoms. The van der Waals surface area contributed by atoms with Gasteiger partial charge in [-0.2, -0.15) is 0 Å². The second-order valence-electron chi connectivity index (χ2n) is 5.39. The zero-order valence-corrected chi connectivity index (χ0v) is 12.4. The number of nitrogens with one attached hydrogen (secondary N) is 1. The normalized spacial score (nSPS) is 14.4. The van der Waals surface area contributed by atoms with Crippen LogP contribution in [0.4, 0.5) is 0 Å². The molecular formula is C15H22ClNO2. The van der Waals surface area contributed by atoms with Crippen molar-refractivity contribution in [2.24, 2.45) is 5.92 Å². The zero-order chi connectivity index (χ0) is 14.4. The summed E-state index contributed by atoms with van der Waals surface area (Å²) in [5.74, 6) is -0.308. The molecule has 0 bridgehead atoms. The van der Waals surface area contributed by atoms with E-state index in [1.807, 2.05) is 24.3 Å². The van der Waals surface area contributed by atoms with E-state index in [0.717, 1.165) is 18.4 Å². The van der Waals surface area contributed by atoms with E-state index < -0.39 is 12.0 Å². The van der Waals surface area contributed by atoms with Gasteiger partial charge < -0.3 is 10.4 Å². The van der Waals surface area contributed by atoms with Crippen LogP contribution in [-0.2, 0) is 11.2 Å². The van der Waals surface area contributed by atoms with Crippen LogP contribution >= 0.6 is 11.6 Å². The van der Waals surface area contributed by atoms with Crippen LogP contribution in [0.3, 0.4) is 0 Å². The SMILES string of the molecule is CC(C)CC(Cc1cccc(Cl)c1)N[C@H](C)C(=O)O. The Morgan fingerprint density at radius 1 is 1.37 bits per heavy atom. The van der Waals surface area contributed by atoms with Crippen LogP contribution in [0, 0.1) is 5.92 Å². The second kappa shape index (κ2) is 7.51. The van der Waals surface area contributed by atoms with Crippen LogP contribution < -0.4 is 5.32 Å². The molecule has 0 radical (unpaired) electrons. The first-order chi connectivity index (χ1) is 8.88. The molecule has 0 aliphatic rings. The lowest BCUT2D eigenvalue weighted by Gasteiger charge is -2.23. The first kappa shape index (κ1) is 16.0. The molecule has 0 heterocycles. The summed E-state index contributed by atoms with van der Waals surface area (Å²) in [7, 11) is 0. The van der Waals surface area contributed by atoms with Crippen molar-refractivity contribution in [3.8, 4) is 0 Å². The summed E-state index contributed by atoms with van der Waals surface area (Å²) >= 11 is 5.98. The standard InChI is InChI=1S/C15H22ClNO2/c1-10(2)7-14(17-11(3)15(18)19)9-12-5-4-6-13(16)8-12/h4-6,8,10-11,14,17H,7,9H2,1-3H3,(H,18,19)/t11-,14?/m1/s1. The summed E-state index contributed by atoms with van der Waals surface area (Å²) in [4.78, 5) is 10.9. The van der Waals surface area contributed by atoms with Gasteiger partial charge >= 0.3 is 5.97 Å². The van der Waals surface area contributed by atoms with E-state index in [9.17, 15) is 4.79 Å². The number of benzene rings is 1. The van der Waals surface area contributed by atoms with Crippen molar-refractivity contribution in [1.82, 2.24) is 5.32 Å². The lowest BCUT2D eigenvalue weighted by atomic mass is 9.96. The molecule has 1 unspecified atom stereocenters. The molecule has 2 N–H and O–H groups in total. The monoisotopic (exact) mass is 283 g/mol. The van der Waals surface area contributed by atoms with Crippen LogP contribution in [0.15, 0.2) is 24.3 Å². The number of hydrogen-bond donors (Lipinski definition) is 2. The highest BCUT2D eigenvalue weighted by molar-refractivity contribution is 6.30. The fourth-order valence-corrected chi connectivity index (χ4v) is 2.37. The number of hydrogen-bond acceptors (Lipinski definition) is 2. The minimum absolute atomic E-state index is 0.143. The second-order valence-corrected chi connectivity index (χ2v) is 5.82. The van der Waals surface area contributed by atoms with Crippen molar-refractivity contribution in [2.45, 2.75) is 45.7 Å². The van der Waals surface area contributed by atoms with Crippen LogP contribution in [0.1, 0.15) is 32.8 Å². The van der Waals surface area contributed by atoms with Crippen LogP contribution in [-0.4, -0.2) is 23.2 Å². The Balaban J connectivity index is 2.71. The van der Waals surface area contributed by atoms with E-state index in [-0.39, 0.29) is 6.04 Å². The van der Waals surface area contributed by atoms with Crippen LogP contribution in [0.2, 0.25) is 5.02 Å². The van der Waals surface area contributed by atoms with Gasteiger partial charge in [0, 0.05) is 11.1 Å². The third-order valence-electron chi connectivity index (χ3n) is 2.98. The van der Waals surface area contributed by atoms with Gasteiger partial charge in [-0.25, -0.2) is 0 Å². The molecular weight excluding hydrogens is 262 g/mol. The fraction of sp³-hybridized carbons (Fsp3) is 0.533. The number of rotatable bonds is 7. The highest BCUT2D eigenvalue weighted by Gasteiger charge is 2.18. The smallest absolute Gasteiger partial charge is 0.320 e. The molecule has 1 rings (SSSR count). The third-order valence-corrected chi connectivity index (χ3v) is 3.22. The molecule has 0 amide bonds. The average Bonchev–Trinajstić information content (AvgIpc) is 2.27. The van der Waals surface area contributed by atoms with E-state index in [2.05, 4.69) is 19.2 Å². The molecule has 19 heavy (non-hydrogen) atoms. The lowest BCUT2D eigenvalue weighted by molar-refractivity contribution is -0.139. The molecule has 0 saturated carbocycles.